The second-order valence-corrected chi connectivity index (χ2v) is 9.02. The van der Waals surface area contributed by atoms with E-state index in [4.69, 9.17) is 9.15 Å². The minimum Gasteiger partial charge on any atom is -0.496 e. The summed E-state index contributed by atoms with van der Waals surface area (Å²) in [7, 11) is 1.68. The van der Waals surface area contributed by atoms with E-state index < -0.39 is 11.7 Å². The van der Waals surface area contributed by atoms with Crippen molar-refractivity contribution >= 4 is 16.7 Å². The van der Waals surface area contributed by atoms with Gasteiger partial charge in [0.25, 0.3) is 0 Å². The predicted molar refractivity (Wildman–Crippen MR) is 131 cm³/mol. The third-order valence-electron chi connectivity index (χ3n) is 6.78. The van der Waals surface area contributed by atoms with E-state index in [9.17, 15) is 13.2 Å². The molecule has 0 amide bonds. The van der Waals surface area contributed by atoms with E-state index in [0.29, 0.717) is 18.8 Å². The quantitative estimate of drug-likeness (QED) is 0.417. The Bertz CT molecular complexity index is 1320. The summed E-state index contributed by atoms with van der Waals surface area (Å²) in [5.41, 5.74) is 4.10. The van der Waals surface area contributed by atoms with Crippen molar-refractivity contribution in [2.45, 2.75) is 19.6 Å². The van der Waals surface area contributed by atoms with E-state index in [1.54, 1.807) is 13.2 Å². The molecule has 0 unspecified atom stereocenters. The molecule has 0 aliphatic carbocycles. The fourth-order valence-electron chi connectivity index (χ4n) is 4.99. The summed E-state index contributed by atoms with van der Waals surface area (Å²) >= 11 is 0. The number of alkyl halides is 3. The van der Waals surface area contributed by atoms with E-state index in [1.165, 1.54) is 17.0 Å². The Hall–Kier alpha value is -3.45. The van der Waals surface area contributed by atoms with Gasteiger partial charge in [0.05, 0.1) is 44.4 Å². The molecular formula is C28H28F3N2O2+. The van der Waals surface area contributed by atoms with Crippen LogP contribution in [0.4, 0.5) is 18.9 Å². The van der Waals surface area contributed by atoms with Crippen molar-refractivity contribution in [2.24, 2.45) is 0 Å². The van der Waals surface area contributed by atoms with Gasteiger partial charge in [-0.15, -0.1) is 0 Å². The standard InChI is InChI=1S/C28H27F3N2O2/c1-19-27(20-7-4-3-5-8-20)24-17-25(34-2)21(15-26(24)35-19)18-32-11-13-33(14-12-32)23-10-6-9-22(16-23)28(29,30)31/h3-10,15-17H,11-14,18H2,1-2H3/p+1. The van der Waals surface area contributed by atoms with Crippen LogP contribution in [0.3, 0.4) is 0 Å². The number of halogens is 3. The van der Waals surface area contributed by atoms with Crippen molar-refractivity contribution in [2.75, 3.05) is 38.2 Å². The number of furan rings is 1. The molecule has 3 aromatic carbocycles. The summed E-state index contributed by atoms with van der Waals surface area (Å²) in [5.74, 6) is 1.69. The topological polar surface area (TPSA) is 30.1 Å². The summed E-state index contributed by atoms with van der Waals surface area (Å²) in [6.45, 7) is 5.77. The van der Waals surface area contributed by atoms with Crippen molar-refractivity contribution in [3.05, 3.63) is 83.6 Å². The second kappa shape index (κ2) is 9.30. The van der Waals surface area contributed by atoms with Crippen molar-refractivity contribution in [1.29, 1.82) is 0 Å². The molecule has 0 atom stereocenters. The lowest BCUT2D eigenvalue weighted by Gasteiger charge is -2.34. The lowest BCUT2D eigenvalue weighted by molar-refractivity contribution is -0.914. The number of hydrogen-bond donors (Lipinski definition) is 1. The molecule has 1 aliphatic rings. The van der Waals surface area contributed by atoms with Crippen LogP contribution in [-0.2, 0) is 12.7 Å². The van der Waals surface area contributed by atoms with Crippen LogP contribution in [0.5, 0.6) is 5.75 Å². The minimum atomic E-state index is -4.33. The molecule has 182 valence electrons. The van der Waals surface area contributed by atoms with Crippen LogP contribution in [-0.4, -0.2) is 33.3 Å². The molecule has 0 spiro atoms. The van der Waals surface area contributed by atoms with Crippen LogP contribution in [0.25, 0.3) is 22.1 Å². The van der Waals surface area contributed by atoms with Gasteiger partial charge in [-0.25, -0.2) is 0 Å². The zero-order valence-corrected chi connectivity index (χ0v) is 19.8. The Morgan fingerprint density at radius 2 is 1.71 bits per heavy atom. The van der Waals surface area contributed by atoms with Gasteiger partial charge >= 0.3 is 6.18 Å². The smallest absolute Gasteiger partial charge is 0.416 e. The highest BCUT2D eigenvalue weighted by Crippen LogP contribution is 2.38. The fraction of sp³-hybridized carbons (Fsp3) is 0.286. The molecule has 5 rings (SSSR count). The van der Waals surface area contributed by atoms with Crippen molar-refractivity contribution in [1.82, 2.24) is 0 Å². The number of nitrogens with zero attached hydrogens (tertiary/aromatic N) is 1. The molecule has 1 aromatic heterocycles. The third-order valence-corrected chi connectivity index (χ3v) is 6.78. The number of piperazine rings is 1. The van der Waals surface area contributed by atoms with Crippen LogP contribution in [0.15, 0.2) is 71.1 Å². The van der Waals surface area contributed by atoms with Gasteiger partial charge in [0.15, 0.2) is 0 Å². The van der Waals surface area contributed by atoms with Gasteiger partial charge in [0.1, 0.15) is 23.6 Å². The normalized spacial score (nSPS) is 15.1. The fourth-order valence-corrected chi connectivity index (χ4v) is 4.99. The molecule has 4 aromatic rings. The van der Waals surface area contributed by atoms with Crippen LogP contribution in [0, 0.1) is 6.92 Å². The first-order chi connectivity index (χ1) is 16.8. The highest BCUT2D eigenvalue weighted by atomic mass is 19.4. The molecule has 0 radical (unpaired) electrons. The van der Waals surface area contributed by atoms with Gasteiger partial charge in [0, 0.05) is 16.6 Å². The number of aryl methyl sites for hydroxylation is 1. The van der Waals surface area contributed by atoms with Gasteiger partial charge in [-0.05, 0) is 42.8 Å². The number of benzene rings is 3. The van der Waals surface area contributed by atoms with Gasteiger partial charge in [0.2, 0.25) is 0 Å². The van der Waals surface area contributed by atoms with Crippen LogP contribution < -0.4 is 14.5 Å². The SMILES string of the molecule is COc1cc2c(-c3ccccc3)c(C)oc2cc1C[NH+]1CCN(c2cccc(C(F)(F)F)c2)CC1. The molecular weight excluding hydrogens is 453 g/mol. The highest BCUT2D eigenvalue weighted by Gasteiger charge is 2.31. The second-order valence-electron chi connectivity index (χ2n) is 9.02. The summed E-state index contributed by atoms with van der Waals surface area (Å²) < 4.78 is 51.2. The van der Waals surface area contributed by atoms with Crippen LogP contribution in [0.1, 0.15) is 16.9 Å². The Labute approximate surface area is 202 Å². The molecule has 0 bridgehead atoms. The zero-order chi connectivity index (χ0) is 24.6. The molecule has 1 fully saturated rings. The van der Waals surface area contributed by atoms with E-state index >= 15 is 0 Å². The molecule has 35 heavy (non-hydrogen) atoms. The summed E-state index contributed by atoms with van der Waals surface area (Å²) in [5, 5.41) is 1.03. The Morgan fingerprint density at radius 3 is 2.40 bits per heavy atom. The largest absolute Gasteiger partial charge is 0.496 e. The predicted octanol–water partition coefficient (Wildman–Crippen LogP) is 5.34. The average Bonchev–Trinajstić information content (AvgIpc) is 3.18. The van der Waals surface area contributed by atoms with E-state index in [2.05, 4.69) is 24.3 Å². The van der Waals surface area contributed by atoms with Gasteiger partial charge in [-0.1, -0.05) is 36.4 Å². The first-order valence-corrected chi connectivity index (χ1v) is 11.7. The summed E-state index contributed by atoms with van der Waals surface area (Å²) in [6.07, 6.45) is -4.33. The van der Waals surface area contributed by atoms with Gasteiger partial charge in [-0.2, -0.15) is 13.2 Å². The molecule has 4 nitrogen and oxygen atoms in total. The molecule has 1 N–H and O–H groups in total. The van der Waals surface area contributed by atoms with Crippen molar-refractivity contribution in [3.8, 4) is 16.9 Å². The molecule has 0 saturated carbocycles. The van der Waals surface area contributed by atoms with Crippen LogP contribution >= 0.6 is 0 Å². The lowest BCUT2D eigenvalue weighted by Crippen LogP contribution is -3.13. The van der Waals surface area contributed by atoms with Crippen LogP contribution in [0.2, 0.25) is 0 Å². The Balaban J connectivity index is 1.33. The first-order valence-electron chi connectivity index (χ1n) is 11.7. The Morgan fingerprint density at radius 1 is 0.971 bits per heavy atom. The molecule has 2 heterocycles. The van der Waals surface area contributed by atoms with E-state index in [1.807, 2.05) is 30.0 Å². The number of anilines is 1. The van der Waals surface area contributed by atoms with Gasteiger partial charge in [-0.3, -0.25) is 0 Å². The number of quaternary nitrogens is 1. The molecule has 7 heteroatoms. The highest BCUT2D eigenvalue weighted by molar-refractivity contribution is 5.97. The van der Waals surface area contributed by atoms with Crippen molar-refractivity contribution < 1.29 is 27.2 Å². The maximum Gasteiger partial charge on any atom is 0.416 e. The number of nitrogens with one attached hydrogen (secondary N) is 1. The monoisotopic (exact) mass is 481 g/mol. The first kappa shape index (κ1) is 23.3. The minimum absolute atomic E-state index is 0.605. The maximum atomic E-state index is 13.1. The number of methoxy groups -OCH3 is 1. The van der Waals surface area contributed by atoms with Gasteiger partial charge < -0.3 is 19.0 Å². The zero-order valence-electron chi connectivity index (χ0n) is 19.8. The third kappa shape index (κ3) is 4.73. The number of ether oxygens (including phenoxy) is 1. The maximum absolute atomic E-state index is 13.1. The summed E-state index contributed by atoms with van der Waals surface area (Å²) in [6, 6.07) is 19.9. The summed E-state index contributed by atoms with van der Waals surface area (Å²) in [4.78, 5) is 3.39. The number of rotatable bonds is 5. The van der Waals surface area contributed by atoms with E-state index in [-0.39, 0.29) is 0 Å². The lowest BCUT2D eigenvalue weighted by atomic mass is 10.0. The number of fused-ring (bicyclic) bond motifs is 1. The molecule has 1 saturated heterocycles. The number of hydrogen-bond acceptors (Lipinski definition) is 3. The Kier molecular flexibility index (Phi) is 6.19. The van der Waals surface area contributed by atoms with Crippen molar-refractivity contribution in [3.63, 3.8) is 0 Å². The van der Waals surface area contributed by atoms with E-state index in [0.717, 1.165) is 64.9 Å². The molecule has 1 aliphatic heterocycles. The average molecular weight is 482 g/mol.